The van der Waals surface area contributed by atoms with Crippen LogP contribution in [0.5, 0.6) is 0 Å². The van der Waals surface area contributed by atoms with Crippen LogP contribution in [0.15, 0.2) is 12.2 Å². The Morgan fingerprint density at radius 1 is 0.955 bits per heavy atom. The summed E-state index contributed by atoms with van der Waals surface area (Å²) in [7, 11) is 0. The molecule has 0 aromatic rings. The zero-order chi connectivity index (χ0) is 16.6. The number of rotatable bonds is 15. The minimum atomic E-state index is -0.806. The highest BCUT2D eigenvalue weighted by Crippen LogP contribution is 2.11. The maximum atomic E-state index is 10.4. The quantitative estimate of drug-likeness (QED) is 0.315. The van der Waals surface area contributed by atoms with Crippen molar-refractivity contribution in [2.45, 2.75) is 96.2 Å². The van der Waals surface area contributed by atoms with Gasteiger partial charge in [0.25, 0.3) is 0 Å². The lowest BCUT2D eigenvalue weighted by molar-refractivity contribution is -0.137. The largest absolute Gasteiger partial charge is 0.481 e. The number of carboxylic acid groups (broad SMARTS) is 1. The summed E-state index contributed by atoms with van der Waals surface area (Å²) in [6.07, 6.45) is 13.4. The van der Waals surface area contributed by atoms with Crippen molar-refractivity contribution in [3.8, 4) is 0 Å². The van der Waals surface area contributed by atoms with Crippen LogP contribution in [0.2, 0.25) is 0 Å². The molecule has 0 fully saturated rings. The van der Waals surface area contributed by atoms with Crippen molar-refractivity contribution >= 4 is 5.97 Å². The number of carbonyl (C=O) groups is 1. The molecule has 0 unspecified atom stereocenters. The monoisotopic (exact) mass is 314 g/mol. The first-order chi connectivity index (χ1) is 10.6. The fourth-order valence-corrected chi connectivity index (χ4v) is 2.38. The van der Waals surface area contributed by atoms with Crippen LogP contribution in [-0.2, 0) is 4.79 Å². The van der Waals surface area contributed by atoms with Gasteiger partial charge in [-0.05, 0) is 25.7 Å². The summed E-state index contributed by atoms with van der Waals surface area (Å²) in [6.45, 7) is 2.21. The summed E-state index contributed by atoms with van der Waals surface area (Å²) >= 11 is 0. The van der Waals surface area contributed by atoms with E-state index >= 15 is 0 Å². The van der Waals surface area contributed by atoms with E-state index in [0.29, 0.717) is 12.8 Å². The zero-order valence-corrected chi connectivity index (χ0v) is 14.0. The molecule has 0 bridgehead atoms. The molecule has 0 aliphatic rings. The van der Waals surface area contributed by atoms with Gasteiger partial charge in [-0.1, -0.05) is 64.0 Å². The highest BCUT2D eigenvalue weighted by molar-refractivity contribution is 5.66. The first kappa shape index (κ1) is 21.1. The molecule has 3 N–H and O–H groups in total. The molecular weight excluding hydrogens is 280 g/mol. The van der Waals surface area contributed by atoms with Crippen LogP contribution >= 0.6 is 0 Å². The molecule has 0 aromatic carbocycles. The van der Waals surface area contributed by atoms with Gasteiger partial charge in [0.2, 0.25) is 0 Å². The molecule has 0 aliphatic carbocycles. The smallest absolute Gasteiger partial charge is 0.303 e. The van der Waals surface area contributed by atoms with Crippen LogP contribution in [0.25, 0.3) is 0 Å². The molecular formula is C18H34O4. The van der Waals surface area contributed by atoms with Crippen LogP contribution in [0.1, 0.15) is 84.0 Å². The number of allylic oxidation sites excluding steroid dienone is 1. The first-order valence-electron chi connectivity index (χ1n) is 8.82. The van der Waals surface area contributed by atoms with Crippen LogP contribution in [-0.4, -0.2) is 33.5 Å². The fourth-order valence-electron chi connectivity index (χ4n) is 2.38. The summed E-state index contributed by atoms with van der Waals surface area (Å²) in [5.74, 6) is -0.779. The Labute approximate surface area is 135 Å². The predicted octanol–water partition coefficient (Wildman–Crippen LogP) is 4.05. The molecule has 22 heavy (non-hydrogen) atoms. The molecule has 0 heterocycles. The minimum absolute atomic E-state index is 0.177. The van der Waals surface area contributed by atoms with Gasteiger partial charge in [-0.3, -0.25) is 4.79 Å². The maximum absolute atomic E-state index is 10.4. The number of carboxylic acids is 1. The Hall–Kier alpha value is -0.870. The lowest BCUT2D eigenvalue weighted by Gasteiger charge is -2.14. The van der Waals surface area contributed by atoms with Gasteiger partial charge < -0.3 is 15.3 Å². The second-order valence-corrected chi connectivity index (χ2v) is 6.04. The number of hydrogen-bond acceptors (Lipinski definition) is 3. The van der Waals surface area contributed by atoms with E-state index in [2.05, 4.69) is 6.92 Å². The SMILES string of the molecule is CCCCCCCC/C=C\[C@H](O)[C@H](O)CCCCCC(=O)O. The average Bonchev–Trinajstić information content (AvgIpc) is 2.48. The van der Waals surface area contributed by atoms with E-state index in [4.69, 9.17) is 5.11 Å². The summed E-state index contributed by atoms with van der Waals surface area (Å²) in [5, 5.41) is 28.1. The van der Waals surface area contributed by atoms with E-state index in [1.54, 1.807) is 6.08 Å². The Morgan fingerprint density at radius 2 is 1.59 bits per heavy atom. The number of hydrogen-bond donors (Lipinski definition) is 3. The van der Waals surface area contributed by atoms with Crippen molar-refractivity contribution in [3.05, 3.63) is 12.2 Å². The third-order valence-electron chi connectivity index (χ3n) is 3.84. The molecule has 2 atom stereocenters. The zero-order valence-electron chi connectivity index (χ0n) is 14.0. The van der Waals surface area contributed by atoms with Crippen molar-refractivity contribution in [2.24, 2.45) is 0 Å². The molecule has 0 aliphatic heterocycles. The third-order valence-corrected chi connectivity index (χ3v) is 3.84. The van der Waals surface area contributed by atoms with Crippen LogP contribution in [0.3, 0.4) is 0 Å². The van der Waals surface area contributed by atoms with Gasteiger partial charge in [-0.2, -0.15) is 0 Å². The van der Waals surface area contributed by atoms with Crippen LogP contribution < -0.4 is 0 Å². The molecule has 4 heteroatoms. The summed E-state index contributed by atoms with van der Waals surface area (Å²) < 4.78 is 0. The van der Waals surface area contributed by atoms with Crippen molar-refractivity contribution in [1.82, 2.24) is 0 Å². The van der Waals surface area contributed by atoms with Crippen molar-refractivity contribution in [3.63, 3.8) is 0 Å². The van der Waals surface area contributed by atoms with E-state index in [9.17, 15) is 15.0 Å². The fraction of sp³-hybridized carbons (Fsp3) is 0.833. The Bertz CT molecular complexity index is 289. The van der Waals surface area contributed by atoms with Crippen LogP contribution in [0, 0.1) is 0 Å². The van der Waals surface area contributed by atoms with Gasteiger partial charge in [0.1, 0.15) is 0 Å². The number of unbranched alkanes of at least 4 members (excludes halogenated alkanes) is 8. The molecule has 0 spiro atoms. The van der Waals surface area contributed by atoms with Crippen molar-refractivity contribution in [2.75, 3.05) is 0 Å². The average molecular weight is 314 g/mol. The third kappa shape index (κ3) is 14.1. The molecule has 0 rings (SSSR count). The molecule has 0 radical (unpaired) electrons. The second-order valence-electron chi connectivity index (χ2n) is 6.04. The van der Waals surface area contributed by atoms with E-state index in [1.165, 1.54) is 32.1 Å². The number of aliphatic hydroxyl groups excluding tert-OH is 2. The second kappa shape index (κ2) is 15.0. The van der Waals surface area contributed by atoms with E-state index in [-0.39, 0.29) is 6.42 Å². The molecule has 130 valence electrons. The predicted molar refractivity (Wildman–Crippen MR) is 89.9 cm³/mol. The minimum Gasteiger partial charge on any atom is -0.481 e. The van der Waals surface area contributed by atoms with Gasteiger partial charge in [0, 0.05) is 6.42 Å². The summed E-state index contributed by atoms with van der Waals surface area (Å²) in [5.41, 5.74) is 0. The highest BCUT2D eigenvalue weighted by Gasteiger charge is 2.12. The van der Waals surface area contributed by atoms with E-state index < -0.39 is 18.2 Å². The van der Waals surface area contributed by atoms with Crippen LogP contribution in [0.4, 0.5) is 0 Å². The highest BCUT2D eigenvalue weighted by atomic mass is 16.4. The topological polar surface area (TPSA) is 77.8 Å². The maximum Gasteiger partial charge on any atom is 0.303 e. The lowest BCUT2D eigenvalue weighted by atomic mass is 10.0. The molecule has 0 amide bonds. The van der Waals surface area contributed by atoms with Crippen molar-refractivity contribution in [1.29, 1.82) is 0 Å². The Balaban J connectivity index is 3.53. The number of aliphatic hydroxyl groups is 2. The molecule has 4 nitrogen and oxygen atoms in total. The Morgan fingerprint density at radius 3 is 2.27 bits per heavy atom. The molecule has 0 saturated heterocycles. The van der Waals surface area contributed by atoms with Gasteiger partial charge in [0.15, 0.2) is 0 Å². The van der Waals surface area contributed by atoms with Gasteiger partial charge in [-0.15, -0.1) is 0 Å². The lowest BCUT2D eigenvalue weighted by Crippen LogP contribution is -2.23. The normalized spacial score (nSPS) is 14.3. The number of aliphatic carboxylic acids is 1. The van der Waals surface area contributed by atoms with Gasteiger partial charge in [0.05, 0.1) is 12.2 Å². The van der Waals surface area contributed by atoms with Crippen molar-refractivity contribution < 1.29 is 20.1 Å². The van der Waals surface area contributed by atoms with E-state index in [1.807, 2.05) is 6.08 Å². The molecule has 0 aromatic heterocycles. The summed E-state index contributed by atoms with van der Waals surface area (Å²) in [6, 6.07) is 0. The van der Waals surface area contributed by atoms with Gasteiger partial charge >= 0.3 is 5.97 Å². The molecule has 0 saturated carbocycles. The first-order valence-corrected chi connectivity index (χ1v) is 8.82. The Kier molecular flexibility index (Phi) is 14.4. The standard InChI is InChI=1S/C18H34O4/c1-2-3-4-5-6-7-8-10-13-16(19)17(20)14-11-9-12-15-18(21)22/h10,13,16-17,19-20H,2-9,11-12,14-15H2,1H3,(H,21,22)/b13-10-/t16-,17+/m0/s1. The summed E-state index contributed by atoms with van der Waals surface area (Å²) in [4.78, 5) is 10.4. The van der Waals surface area contributed by atoms with E-state index in [0.717, 1.165) is 25.7 Å². The van der Waals surface area contributed by atoms with Gasteiger partial charge in [-0.25, -0.2) is 0 Å².